The molecule has 1 N–H and O–H groups in total. The highest BCUT2D eigenvalue weighted by Crippen LogP contribution is 2.14. The van der Waals surface area contributed by atoms with Crippen molar-refractivity contribution in [3.63, 3.8) is 0 Å². The van der Waals surface area contributed by atoms with E-state index in [1.165, 1.54) is 25.3 Å². The number of carbonyl (C=O) groups excluding carboxylic acids is 2. The second-order valence-corrected chi connectivity index (χ2v) is 3.49. The zero-order valence-corrected chi connectivity index (χ0v) is 9.66. The van der Waals surface area contributed by atoms with Crippen molar-refractivity contribution in [2.45, 2.75) is 12.5 Å². The number of nitro benzene ring substituents is 1. The van der Waals surface area contributed by atoms with Gasteiger partial charge in [-0.3, -0.25) is 14.9 Å². The number of hydrogen-bond acceptors (Lipinski definition) is 5. The van der Waals surface area contributed by atoms with Crippen molar-refractivity contribution in [3.05, 3.63) is 39.9 Å². The van der Waals surface area contributed by atoms with E-state index in [4.69, 9.17) is 0 Å². The largest absolute Gasteiger partial charge is 0.467 e. The zero-order valence-electron chi connectivity index (χ0n) is 9.66. The molecule has 0 fully saturated rings. The van der Waals surface area contributed by atoms with E-state index >= 15 is 0 Å². The minimum atomic E-state index is -0.852. The first-order valence-corrected chi connectivity index (χ1v) is 5.09. The molecule has 18 heavy (non-hydrogen) atoms. The van der Waals surface area contributed by atoms with Gasteiger partial charge < -0.3 is 10.1 Å². The maximum Gasteiger partial charge on any atom is 0.328 e. The molecule has 0 saturated carbocycles. The van der Waals surface area contributed by atoms with Crippen LogP contribution in [-0.4, -0.2) is 30.5 Å². The van der Waals surface area contributed by atoms with Crippen molar-refractivity contribution in [1.82, 2.24) is 5.32 Å². The van der Waals surface area contributed by atoms with E-state index in [-0.39, 0.29) is 12.1 Å². The summed E-state index contributed by atoms with van der Waals surface area (Å²) in [5.41, 5.74) is 0.496. The number of esters is 1. The van der Waals surface area contributed by atoms with Crippen LogP contribution in [0, 0.1) is 10.1 Å². The van der Waals surface area contributed by atoms with Crippen LogP contribution in [0.25, 0.3) is 0 Å². The van der Waals surface area contributed by atoms with Gasteiger partial charge in [0.05, 0.1) is 12.0 Å². The predicted molar refractivity (Wildman–Crippen MR) is 61.8 cm³/mol. The maximum atomic E-state index is 11.3. The Bertz CT molecular complexity index is 461. The average molecular weight is 252 g/mol. The Kier molecular flexibility index (Phi) is 4.79. The van der Waals surface area contributed by atoms with Crippen LogP contribution in [0.2, 0.25) is 0 Å². The van der Waals surface area contributed by atoms with Gasteiger partial charge in [0.1, 0.15) is 6.04 Å². The molecule has 0 aromatic heterocycles. The fourth-order valence-electron chi connectivity index (χ4n) is 1.47. The molecule has 0 aliphatic carbocycles. The number of nitro groups is 1. The summed E-state index contributed by atoms with van der Waals surface area (Å²) in [6, 6.07) is 5.00. The monoisotopic (exact) mass is 252 g/mol. The molecule has 1 atom stereocenters. The number of methoxy groups -OCH3 is 1. The number of carbonyl (C=O) groups is 2. The van der Waals surface area contributed by atoms with Crippen molar-refractivity contribution in [1.29, 1.82) is 0 Å². The van der Waals surface area contributed by atoms with Crippen LogP contribution in [0.5, 0.6) is 0 Å². The van der Waals surface area contributed by atoms with Crippen LogP contribution < -0.4 is 5.32 Å². The number of rotatable bonds is 6. The first kappa shape index (κ1) is 13.6. The number of benzene rings is 1. The molecule has 96 valence electrons. The summed E-state index contributed by atoms with van der Waals surface area (Å²) >= 11 is 0. The molecule has 1 rings (SSSR count). The molecule has 1 aromatic rings. The number of nitrogens with zero attached hydrogens (tertiary/aromatic N) is 1. The van der Waals surface area contributed by atoms with E-state index in [1.807, 2.05) is 0 Å². The minimum Gasteiger partial charge on any atom is -0.467 e. The summed E-state index contributed by atoms with van der Waals surface area (Å²) in [4.78, 5) is 31.8. The van der Waals surface area contributed by atoms with E-state index in [0.717, 1.165) is 0 Å². The van der Waals surface area contributed by atoms with Crippen LogP contribution in [0.4, 0.5) is 5.69 Å². The fourth-order valence-corrected chi connectivity index (χ4v) is 1.47. The van der Waals surface area contributed by atoms with Crippen molar-refractivity contribution >= 4 is 18.1 Å². The third-order valence-corrected chi connectivity index (χ3v) is 2.32. The van der Waals surface area contributed by atoms with Gasteiger partial charge in [0.15, 0.2) is 0 Å². The lowest BCUT2D eigenvalue weighted by molar-refractivity contribution is -0.384. The number of hydrogen-bond donors (Lipinski definition) is 1. The van der Waals surface area contributed by atoms with Crippen LogP contribution >= 0.6 is 0 Å². The molecule has 0 saturated heterocycles. The number of amides is 1. The van der Waals surface area contributed by atoms with Crippen molar-refractivity contribution < 1.29 is 19.2 Å². The van der Waals surface area contributed by atoms with Gasteiger partial charge in [-0.05, 0) is 5.56 Å². The molecule has 7 heteroatoms. The first-order valence-electron chi connectivity index (χ1n) is 5.09. The Morgan fingerprint density at radius 1 is 1.61 bits per heavy atom. The molecule has 0 heterocycles. The Morgan fingerprint density at radius 3 is 2.89 bits per heavy atom. The summed E-state index contributed by atoms with van der Waals surface area (Å²) in [5.74, 6) is -0.603. The lowest BCUT2D eigenvalue weighted by Gasteiger charge is -2.13. The molecule has 0 aliphatic heterocycles. The molecule has 0 spiro atoms. The average Bonchev–Trinajstić information content (AvgIpc) is 2.37. The molecule has 0 aliphatic rings. The van der Waals surface area contributed by atoms with E-state index in [1.54, 1.807) is 6.07 Å². The SMILES string of the molecule is COC(=O)[C@H](Cc1cccc([N+](=O)[O-])c1)NC=O. The van der Waals surface area contributed by atoms with E-state index in [2.05, 4.69) is 10.1 Å². The van der Waals surface area contributed by atoms with Crippen LogP contribution in [0.1, 0.15) is 5.56 Å². The summed E-state index contributed by atoms with van der Waals surface area (Å²) in [6.45, 7) is 0. The third-order valence-electron chi connectivity index (χ3n) is 2.32. The molecule has 1 aromatic carbocycles. The first-order chi connectivity index (χ1) is 8.58. The molecular weight excluding hydrogens is 240 g/mol. The number of ether oxygens (including phenoxy) is 1. The van der Waals surface area contributed by atoms with Gasteiger partial charge in [-0.1, -0.05) is 12.1 Å². The van der Waals surface area contributed by atoms with Gasteiger partial charge in [0.2, 0.25) is 6.41 Å². The lowest BCUT2D eigenvalue weighted by atomic mass is 10.1. The van der Waals surface area contributed by atoms with E-state index < -0.39 is 16.9 Å². The Morgan fingerprint density at radius 2 is 2.33 bits per heavy atom. The molecular formula is C11H12N2O5. The second kappa shape index (κ2) is 6.33. The molecule has 7 nitrogen and oxygen atoms in total. The summed E-state index contributed by atoms with van der Waals surface area (Å²) in [7, 11) is 1.20. The molecule has 1 amide bonds. The maximum absolute atomic E-state index is 11.3. The standard InChI is InChI=1S/C11H12N2O5/c1-18-11(15)10(12-7-14)6-8-3-2-4-9(5-8)13(16)17/h2-5,7,10H,6H2,1H3,(H,12,14)/t10-/m0/s1. The number of non-ortho nitro benzene ring substituents is 1. The summed E-state index contributed by atoms with van der Waals surface area (Å²) in [6.07, 6.45) is 0.520. The lowest BCUT2D eigenvalue weighted by Crippen LogP contribution is -2.38. The fraction of sp³-hybridized carbons (Fsp3) is 0.273. The highest BCUT2D eigenvalue weighted by atomic mass is 16.6. The van der Waals surface area contributed by atoms with Crippen LogP contribution in [-0.2, 0) is 20.7 Å². The van der Waals surface area contributed by atoms with E-state index in [9.17, 15) is 19.7 Å². The summed E-state index contributed by atoms with van der Waals surface area (Å²) < 4.78 is 4.52. The van der Waals surface area contributed by atoms with Gasteiger partial charge in [-0.2, -0.15) is 0 Å². The molecule has 0 bridgehead atoms. The smallest absolute Gasteiger partial charge is 0.328 e. The highest BCUT2D eigenvalue weighted by Gasteiger charge is 2.19. The third kappa shape index (κ3) is 3.55. The van der Waals surface area contributed by atoms with Gasteiger partial charge in [-0.15, -0.1) is 0 Å². The Labute approximate surface area is 103 Å². The number of nitrogens with one attached hydrogen (secondary N) is 1. The van der Waals surface area contributed by atoms with Gasteiger partial charge >= 0.3 is 5.97 Å². The van der Waals surface area contributed by atoms with Gasteiger partial charge in [0.25, 0.3) is 5.69 Å². The molecule has 0 radical (unpaired) electrons. The van der Waals surface area contributed by atoms with Crippen molar-refractivity contribution in [3.8, 4) is 0 Å². The quantitative estimate of drug-likeness (QED) is 0.342. The Hall–Kier alpha value is -2.44. The van der Waals surface area contributed by atoms with Crippen LogP contribution in [0.15, 0.2) is 24.3 Å². The van der Waals surface area contributed by atoms with Crippen LogP contribution in [0.3, 0.4) is 0 Å². The Balaban J connectivity index is 2.86. The molecule has 0 unspecified atom stereocenters. The van der Waals surface area contributed by atoms with Crippen molar-refractivity contribution in [2.75, 3.05) is 7.11 Å². The van der Waals surface area contributed by atoms with Crippen molar-refractivity contribution in [2.24, 2.45) is 0 Å². The predicted octanol–water partition coefficient (Wildman–Crippen LogP) is 0.425. The van der Waals surface area contributed by atoms with E-state index in [0.29, 0.717) is 12.0 Å². The van der Waals surface area contributed by atoms with Gasteiger partial charge in [-0.25, -0.2) is 4.79 Å². The second-order valence-electron chi connectivity index (χ2n) is 3.49. The van der Waals surface area contributed by atoms with Gasteiger partial charge in [0, 0.05) is 18.6 Å². The zero-order chi connectivity index (χ0) is 13.5. The normalized spacial score (nSPS) is 11.4. The summed E-state index contributed by atoms with van der Waals surface area (Å²) in [5, 5.41) is 12.9. The highest BCUT2D eigenvalue weighted by molar-refractivity contribution is 5.78. The topological polar surface area (TPSA) is 98.5 Å². The minimum absolute atomic E-state index is 0.0674.